The van der Waals surface area contributed by atoms with Gasteiger partial charge >= 0.3 is 6.18 Å². The Kier molecular flexibility index (Phi) is 3.74. The van der Waals surface area contributed by atoms with Crippen molar-refractivity contribution in [3.63, 3.8) is 0 Å². The molecule has 1 aromatic rings. The highest BCUT2D eigenvalue weighted by molar-refractivity contribution is 5.31. The molecule has 4 heteroatoms. The van der Waals surface area contributed by atoms with Crippen LogP contribution in [0.25, 0.3) is 0 Å². The molecular formula is C11H14F3N. The molecule has 1 aromatic carbocycles. The Labute approximate surface area is 87.3 Å². The van der Waals surface area contributed by atoms with Gasteiger partial charge in [-0.1, -0.05) is 25.1 Å². The van der Waals surface area contributed by atoms with Crippen molar-refractivity contribution < 1.29 is 13.2 Å². The van der Waals surface area contributed by atoms with E-state index in [2.05, 4.69) is 5.32 Å². The van der Waals surface area contributed by atoms with Crippen LogP contribution >= 0.6 is 0 Å². The van der Waals surface area contributed by atoms with Gasteiger partial charge < -0.3 is 5.32 Å². The molecule has 0 heterocycles. The van der Waals surface area contributed by atoms with Crippen molar-refractivity contribution in [3.05, 3.63) is 35.4 Å². The molecule has 0 saturated heterocycles. The van der Waals surface area contributed by atoms with Crippen LogP contribution < -0.4 is 5.32 Å². The predicted molar refractivity (Wildman–Crippen MR) is 53.5 cm³/mol. The molecule has 0 unspecified atom stereocenters. The summed E-state index contributed by atoms with van der Waals surface area (Å²) in [4.78, 5) is 0. The summed E-state index contributed by atoms with van der Waals surface area (Å²) in [5.41, 5.74) is -0.259. The minimum atomic E-state index is -4.28. The van der Waals surface area contributed by atoms with Crippen LogP contribution in [0.1, 0.15) is 31.0 Å². The Hall–Kier alpha value is -1.03. The van der Waals surface area contributed by atoms with E-state index in [1.165, 1.54) is 12.1 Å². The van der Waals surface area contributed by atoms with Crippen molar-refractivity contribution in [2.75, 3.05) is 6.54 Å². The molecule has 0 aliphatic rings. The highest BCUT2D eigenvalue weighted by atomic mass is 19.4. The fraction of sp³-hybridized carbons (Fsp3) is 0.455. The molecule has 1 nitrogen and oxygen atoms in total. The Morgan fingerprint density at radius 1 is 1.27 bits per heavy atom. The largest absolute Gasteiger partial charge is 0.416 e. The van der Waals surface area contributed by atoms with E-state index in [1.807, 2.05) is 6.92 Å². The van der Waals surface area contributed by atoms with E-state index in [0.717, 1.165) is 6.07 Å². The van der Waals surface area contributed by atoms with Gasteiger partial charge in [0.05, 0.1) is 5.56 Å². The van der Waals surface area contributed by atoms with Crippen molar-refractivity contribution in [2.45, 2.75) is 26.1 Å². The standard InChI is InChI=1S/C11H14F3N/c1-3-15-8(2)9-6-4-5-7-10(9)11(12,13)14/h4-8,15H,3H2,1-2H3/t8-/m1/s1. The van der Waals surface area contributed by atoms with Crippen LogP contribution in [0.3, 0.4) is 0 Å². The third-order valence-corrected chi connectivity index (χ3v) is 2.24. The Bertz CT molecular complexity index is 320. The molecule has 84 valence electrons. The number of halogens is 3. The summed E-state index contributed by atoms with van der Waals surface area (Å²) in [6.45, 7) is 4.24. The van der Waals surface area contributed by atoms with Crippen LogP contribution in [0.15, 0.2) is 24.3 Å². The van der Waals surface area contributed by atoms with Gasteiger partial charge in [-0.05, 0) is 25.1 Å². The molecule has 0 aromatic heterocycles. The zero-order chi connectivity index (χ0) is 11.5. The van der Waals surface area contributed by atoms with Crippen LogP contribution in [0.5, 0.6) is 0 Å². The lowest BCUT2D eigenvalue weighted by Gasteiger charge is -2.18. The van der Waals surface area contributed by atoms with Crippen LogP contribution in [0.4, 0.5) is 13.2 Å². The molecule has 0 amide bonds. The maximum absolute atomic E-state index is 12.6. The van der Waals surface area contributed by atoms with Gasteiger partial charge in [0.2, 0.25) is 0 Å². The van der Waals surface area contributed by atoms with E-state index < -0.39 is 11.7 Å². The molecule has 0 spiro atoms. The molecule has 0 radical (unpaired) electrons. The van der Waals surface area contributed by atoms with Gasteiger partial charge in [-0.3, -0.25) is 0 Å². The molecule has 0 aliphatic heterocycles. The van der Waals surface area contributed by atoms with Crippen molar-refractivity contribution >= 4 is 0 Å². The first kappa shape index (κ1) is 12.0. The van der Waals surface area contributed by atoms with Crippen LogP contribution in [-0.2, 0) is 6.18 Å². The molecule has 1 atom stereocenters. The minimum absolute atomic E-state index is 0.284. The number of benzene rings is 1. The number of hydrogen-bond donors (Lipinski definition) is 1. The molecule has 0 fully saturated rings. The lowest BCUT2D eigenvalue weighted by atomic mass is 10.0. The quantitative estimate of drug-likeness (QED) is 0.818. The summed E-state index contributed by atoms with van der Waals surface area (Å²) < 4.78 is 37.9. The fourth-order valence-corrected chi connectivity index (χ4v) is 1.55. The summed E-state index contributed by atoms with van der Waals surface area (Å²) in [5.74, 6) is 0. The second-order valence-corrected chi connectivity index (χ2v) is 3.36. The van der Waals surface area contributed by atoms with E-state index in [9.17, 15) is 13.2 Å². The van der Waals surface area contributed by atoms with Gasteiger partial charge in [0, 0.05) is 6.04 Å². The minimum Gasteiger partial charge on any atom is -0.310 e. The van der Waals surface area contributed by atoms with E-state index in [-0.39, 0.29) is 6.04 Å². The lowest BCUT2D eigenvalue weighted by Crippen LogP contribution is -2.21. The molecule has 0 bridgehead atoms. The van der Waals surface area contributed by atoms with E-state index in [0.29, 0.717) is 12.1 Å². The van der Waals surface area contributed by atoms with Crippen molar-refractivity contribution in [1.29, 1.82) is 0 Å². The zero-order valence-electron chi connectivity index (χ0n) is 8.73. The van der Waals surface area contributed by atoms with Crippen molar-refractivity contribution in [2.24, 2.45) is 0 Å². The predicted octanol–water partition coefficient (Wildman–Crippen LogP) is 3.38. The Morgan fingerprint density at radius 2 is 1.87 bits per heavy atom. The third kappa shape index (κ3) is 2.96. The number of nitrogens with one attached hydrogen (secondary N) is 1. The fourth-order valence-electron chi connectivity index (χ4n) is 1.55. The van der Waals surface area contributed by atoms with Gasteiger partial charge in [-0.2, -0.15) is 13.2 Å². The Balaban J connectivity index is 3.06. The second kappa shape index (κ2) is 4.66. The average Bonchev–Trinajstić information content (AvgIpc) is 2.17. The van der Waals surface area contributed by atoms with Crippen LogP contribution in [0.2, 0.25) is 0 Å². The van der Waals surface area contributed by atoms with E-state index >= 15 is 0 Å². The average molecular weight is 217 g/mol. The Morgan fingerprint density at radius 3 is 2.40 bits per heavy atom. The SMILES string of the molecule is CCN[C@H](C)c1ccccc1C(F)(F)F. The molecule has 1 rings (SSSR count). The van der Waals surface area contributed by atoms with Crippen LogP contribution in [0, 0.1) is 0 Å². The summed E-state index contributed by atoms with van der Waals surface area (Å²) in [6, 6.07) is 5.37. The van der Waals surface area contributed by atoms with Crippen molar-refractivity contribution in [1.82, 2.24) is 5.32 Å². The normalized spacial score (nSPS) is 13.9. The van der Waals surface area contributed by atoms with Crippen LogP contribution in [-0.4, -0.2) is 6.54 Å². The van der Waals surface area contributed by atoms with Gasteiger partial charge in [0.25, 0.3) is 0 Å². The summed E-state index contributed by atoms with van der Waals surface area (Å²) in [5, 5.41) is 2.97. The monoisotopic (exact) mass is 217 g/mol. The topological polar surface area (TPSA) is 12.0 Å². The van der Waals surface area contributed by atoms with Gasteiger partial charge in [0.1, 0.15) is 0 Å². The summed E-state index contributed by atoms with van der Waals surface area (Å²) >= 11 is 0. The summed E-state index contributed by atoms with van der Waals surface area (Å²) in [7, 11) is 0. The van der Waals surface area contributed by atoms with Gasteiger partial charge in [0.15, 0.2) is 0 Å². The maximum Gasteiger partial charge on any atom is 0.416 e. The third-order valence-electron chi connectivity index (χ3n) is 2.24. The highest BCUT2D eigenvalue weighted by Crippen LogP contribution is 2.34. The maximum atomic E-state index is 12.6. The van der Waals surface area contributed by atoms with Crippen molar-refractivity contribution in [3.8, 4) is 0 Å². The molecule has 0 saturated carbocycles. The first-order chi connectivity index (χ1) is 6.96. The zero-order valence-corrected chi connectivity index (χ0v) is 8.73. The highest BCUT2D eigenvalue weighted by Gasteiger charge is 2.33. The van der Waals surface area contributed by atoms with Gasteiger partial charge in [-0.15, -0.1) is 0 Å². The molecule has 1 N–H and O–H groups in total. The molecular weight excluding hydrogens is 203 g/mol. The number of hydrogen-bond acceptors (Lipinski definition) is 1. The number of alkyl halides is 3. The smallest absolute Gasteiger partial charge is 0.310 e. The second-order valence-electron chi connectivity index (χ2n) is 3.36. The summed E-state index contributed by atoms with van der Waals surface area (Å²) in [6.07, 6.45) is -4.28. The first-order valence-electron chi connectivity index (χ1n) is 4.86. The number of rotatable bonds is 3. The van der Waals surface area contributed by atoms with E-state index in [1.54, 1.807) is 13.0 Å². The van der Waals surface area contributed by atoms with E-state index in [4.69, 9.17) is 0 Å². The lowest BCUT2D eigenvalue weighted by molar-refractivity contribution is -0.138. The first-order valence-corrected chi connectivity index (χ1v) is 4.86. The van der Waals surface area contributed by atoms with Gasteiger partial charge in [-0.25, -0.2) is 0 Å². The molecule has 15 heavy (non-hydrogen) atoms. The molecule has 0 aliphatic carbocycles.